The number of aromatic carboxylic acids is 1. The van der Waals surface area contributed by atoms with Crippen molar-refractivity contribution in [3.05, 3.63) is 29.6 Å². The molecule has 1 aromatic carbocycles. The molecule has 0 heterocycles. The zero-order valence-electron chi connectivity index (χ0n) is 9.00. The third-order valence-corrected chi connectivity index (χ3v) is 2.05. The maximum atomic E-state index is 13.2. The molecule has 0 saturated heterocycles. The van der Waals surface area contributed by atoms with Crippen molar-refractivity contribution in [3.8, 4) is 0 Å². The lowest BCUT2D eigenvalue weighted by Gasteiger charge is -2.06. The topological polar surface area (TPSA) is 58.6 Å². The summed E-state index contributed by atoms with van der Waals surface area (Å²) in [7, 11) is 1.61. The minimum Gasteiger partial charge on any atom is -0.478 e. The zero-order chi connectivity index (χ0) is 12.0. The van der Waals surface area contributed by atoms with E-state index in [0.717, 1.165) is 6.42 Å². The number of carboxylic acid groups (broad SMARTS) is 1. The number of rotatable bonds is 6. The van der Waals surface area contributed by atoms with Gasteiger partial charge in [-0.3, -0.25) is 0 Å². The number of nitrogens with one attached hydrogen (secondary N) is 1. The number of carboxylic acids is 1. The van der Waals surface area contributed by atoms with E-state index in [4.69, 9.17) is 9.84 Å². The first-order valence-electron chi connectivity index (χ1n) is 4.91. The summed E-state index contributed by atoms with van der Waals surface area (Å²) in [5.41, 5.74) is 0.251. The van der Waals surface area contributed by atoms with E-state index in [1.54, 1.807) is 13.2 Å². The second-order valence-electron chi connectivity index (χ2n) is 3.27. The van der Waals surface area contributed by atoms with Crippen LogP contribution < -0.4 is 5.32 Å². The molecule has 1 aromatic rings. The average molecular weight is 227 g/mol. The average Bonchev–Trinajstić information content (AvgIpc) is 2.24. The smallest absolute Gasteiger partial charge is 0.338 e. The first kappa shape index (κ1) is 12.4. The highest BCUT2D eigenvalue weighted by Crippen LogP contribution is 2.14. The van der Waals surface area contributed by atoms with E-state index in [0.29, 0.717) is 18.8 Å². The molecule has 5 heteroatoms. The summed E-state index contributed by atoms with van der Waals surface area (Å²) < 4.78 is 18.1. The van der Waals surface area contributed by atoms with Crippen LogP contribution in [0.1, 0.15) is 16.8 Å². The molecule has 0 aliphatic heterocycles. The van der Waals surface area contributed by atoms with Crippen LogP contribution in [-0.2, 0) is 4.74 Å². The summed E-state index contributed by atoms with van der Waals surface area (Å²) in [5, 5.41) is 11.6. The van der Waals surface area contributed by atoms with E-state index < -0.39 is 11.8 Å². The fourth-order valence-corrected chi connectivity index (χ4v) is 1.25. The molecular weight excluding hydrogens is 213 g/mol. The van der Waals surface area contributed by atoms with Gasteiger partial charge in [-0.25, -0.2) is 9.18 Å². The molecule has 0 saturated carbocycles. The van der Waals surface area contributed by atoms with Crippen LogP contribution in [0.15, 0.2) is 18.2 Å². The Morgan fingerprint density at radius 3 is 2.88 bits per heavy atom. The molecule has 0 radical (unpaired) electrons. The fraction of sp³-hybridized carbons (Fsp3) is 0.364. The number of benzene rings is 1. The summed E-state index contributed by atoms with van der Waals surface area (Å²) in [6.45, 7) is 1.28. The van der Waals surface area contributed by atoms with Gasteiger partial charge < -0.3 is 15.2 Å². The van der Waals surface area contributed by atoms with Crippen molar-refractivity contribution in [1.29, 1.82) is 0 Å². The third kappa shape index (κ3) is 3.51. The van der Waals surface area contributed by atoms with Crippen molar-refractivity contribution in [1.82, 2.24) is 0 Å². The third-order valence-electron chi connectivity index (χ3n) is 2.05. The largest absolute Gasteiger partial charge is 0.478 e. The number of hydrogen-bond acceptors (Lipinski definition) is 3. The van der Waals surface area contributed by atoms with Crippen molar-refractivity contribution in [2.75, 3.05) is 25.6 Å². The maximum Gasteiger partial charge on any atom is 0.338 e. The van der Waals surface area contributed by atoms with Gasteiger partial charge in [-0.15, -0.1) is 0 Å². The van der Waals surface area contributed by atoms with Gasteiger partial charge >= 0.3 is 5.97 Å². The summed E-state index contributed by atoms with van der Waals surface area (Å²) >= 11 is 0. The van der Waals surface area contributed by atoms with Crippen molar-refractivity contribution in [2.24, 2.45) is 0 Å². The van der Waals surface area contributed by atoms with Crippen molar-refractivity contribution in [2.45, 2.75) is 6.42 Å². The van der Waals surface area contributed by atoms with Crippen LogP contribution in [0.2, 0.25) is 0 Å². The normalized spacial score (nSPS) is 10.1. The second kappa shape index (κ2) is 6.07. The second-order valence-corrected chi connectivity index (χ2v) is 3.27. The predicted octanol–water partition coefficient (Wildman–Crippen LogP) is 1.97. The van der Waals surface area contributed by atoms with E-state index in [-0.39, 0.29) is 5.56 Å². The molecule has 4 nitrogen and oxygen atoms in total. The van der Waals surface area contributed by atoms with Crippen LogP contribution in [0.3, 0.4) is 0 Å². The van der Waals surface area contributed by atoms with Crippen LogP contribution in [0.5, 0.6) is 0 Å². The van der Waals surface area contributed by atoms with Gasteiger partial charge in [0.25, 0.3) is 0 Å². The van der Waals surface area contributed by atoms with Crippen LogP contribution >= 0.6 is 0 Å². The van der Waals surface area contributed by atoms with Crippen LogP contribution in [0.25, 0.3) is 0 Å². The number of ether oxygens (including phenoxy) is 1. The molecule has 1 rings (SSSR count). The molecule has 0 spiro atoms. The molecule has 0 bridgehead atoms. The molecule has 88 valence electrons. The van der Waals surface area contributed by atoms with Gasteiger partial charge in [0.2, 0.25) is 0 Å². The highest BCUT2D eigenvalue weighted by atomic mass is 19.1. The number of hydrogen-bond donors (Lipinski definition) is 2. The quantitative estimate of drug-likeness (QED) is 0.729. The lowest BCUT2D eigenvalue weighted by molar-refractivity contribution is 0.0692. The molecule has 0 amide bonds. The van der Waals surface area contributed by atoms with Gasteiger partial charge in [-0.2, -0.15) is 0 Å². The van der Waals surface area contributed by atoms with Gasteiger partial charge in [0.05, 0.1) is 5.56 Å². The number of anilines is 1. The van der Waals surface area contributed by atoms with Crippen LogP contribution in [-0.4, -0.2) is 31.3 Å². The molecule has 0 aliphatic rings. The Hall–Kier alpha value is -1.62. The predicted molar refractivity (Wildman–Crippen MR) is 58.3 cm³/mol. The van der Waals surface area contributed by atoms with Gasteiger partial charge in [0, 0.05) is 25.9 Å². The summed E-state index contributed by atoms with van der Waals surface area (Å²) in [4.78, 5) is 10.6. The molecule has 16 heavy (non-hydrogen) atoms. The summed E-state index contributed by atoms with van der Waals surface area (Å²) in [5.74, 6) is -1.99. The van der Waals surface area contributed by atoms with E-state index in [9.17, 15) is 9.18 Å². The fourth-order valence-electron chi connectivity index (χ4n) is 1.25. The van der Waals surface area contributed by atoms with Crippen molar-refractivity contribution in [3.63, 3.8) is 0 Å². The van der Waals surface area contributed by atoms with Crippen molar-refractivity contribution < 1.29 is 19.0 Å². The maximum absolute atomic E-state index is 13.2. The Labute approximate surface area is 93.0 Å². The first-order chi connectivity index (χ1) is 7.65. The Morgan fingerprint density at radius 2 is 2.31 bits per heavy atom. The van der Waals surface area contributed by atoms with E-state index in [2.05, 4.69) is 5.32 Å². The number of carbonyl (C=O) groups is 1. The highest BCUT2D eigenvalue weighted by Gasteiger charge is 2.09. The first-order valence-corrected chi connectivity index (χ1v) is 4.91. The Kier molecular flexibility index (Phi) is 4.72. The standard InChI is InChI=1S/C11H14FNO3/c1-16-6-2-5-13-8-3-4-9(11(14)15)10(12)7-8/h3-4,7,13H,2,5-6H2,1H3,(H,14,15). The lowest BCUT2D eigenvalue weighted by Crippen LogP contribution is -2.06. The summed E-state index contributed by atoms with van der Waals surface area (Å²) in [6, 6.07) is 3.96. The minimum absolute atomic E-state index is 0.317. The lowest BCUT2D eigenvalue weighted by atomic mass is 10.2. The molecule has 0 aromatic heterocycles. The highest BCUT2D eigenvalue weighted by molar-refractivity contribution is 5.88. The Morgan fingerprint density at radius 1 is 1.56 bits per heavy atom. The molecule has 0 fully saturated rings. The number of methoxy groups -OCH3 is 1. The molecule has 0 aliphatic carbocycles. The van der Waals surface area contributed by atoms with Gasteiger partial charge in [-0.1, -0.05) is 0 Å². The number of halogens is 1. The van der Waals surface area contributed by atoms with E-state index >= 15 is 0 Å². The van der Waals surface area contributed by atoms with E-state index in [1.807, 2.05) is 0 Å². The zero-order valence-corrected chi connectivity index (χ0v) is 9.00. The minimum atomic E-state index is -1.26. The molecule has 0 unspecified atom stereocenters. The van der Waals surface area contributed by atoms with Gasteiger partial charge in [0.15, 0.2) is 0 Å². The van der Waals surface area contributed by atoms with Gasteiger partial charge in [-0.05, 0) is 24.6 Å². The van der Waals surface area contributed by atoms with Gasteiger partial charge in [0.1, 0.15) is 5.82 Å². The monoisotopic (exact) mass is 227 g/mol. The molecule has 2 N–H and O–H groups in total. The molecule has 0 atom stereocenters. The van der Waals surface area contributed by atoms with Crippen LogP contribution in [0.4, 0.5) is 10.1 Å². The Balaban J connectivity index is 2.56. The van der Waals surface area contributed by atoms with Crippen molar-refractivity contribution >= 4 is 11.7 Å². The van der Waals surface area contributed by atoms with Crippen LogP contribution in [0, 0.1) is 5.82 Å². The summed E-state index contributed by atoms with van der Waals surface area (Å²) in [6.07, 6.45) is 0.804. The SMILES string of the molecule is COCCCNc1ccc(C(=O)O)c(F)c1. The molecular formula is C11H14FNO3. The Bertz CT molecular complexity index is 368. The van der Waals surface area contributed by atoms with E-state index in [1.165, 1.54) is 12.1 Å².